The zero-order valence-corrected chi connectivity index (χ0v) is 6.88. The van der Waals surface area contributed by atoms with Crippen LogP contribution in [0.5, 0.6) is 0 Å². The van der Waals surface area contributed by atoms with E-state index in [1.165, 1.54) is 0 Å². The molecule has 2 N–H and O–H groups in total. The van der Waals surface area contributed by atoms with Crippen molar-refractivity contribution >= 4 is 13.8 Å². The van der Waals surface area contributed by atoms with Crippen molar-refractivity contribution in [1.29, 1.82) is 0 Å². The van der Waals surface area contributed by atoms with E-state index in [-0.39, 0.29) is 0 Å². The molecule has 2 heterocycles. The molecule has 0 aromatic carbocycles. The van der Waals surface area contributed by atoms with Crippen molar-refractivity contribution in [2.75, 3.05) is 5.73 Å². The Hall–Kier alpha value is -1.78. The summed E-state index contributed by atoms with van der Waals surface area (Å²) in [6, 6.07) is 7.25. The van der Waals surface area contributed by atoms with Gasteiger partial charge in [-0.2, -0.15) is 5.10 Å². The lowest BCUT2D eigenvalue weighted by molar-refractivity contribution is 1.00. The van der Waals surface area contributed by atoms with Gasteiger partial charge in [-0.05, 0) is 12.1 Å². The minimum absolute atomic E-state index is 0.417. The lowest BCUT2D eigenvalue weighted by atomic mass is 10.3. The summed E-state index contributed by atoms with van der Waals surface area (Å²) in [4.78, 5) is 4.12. The van der Waals surface area contributed by atoms with Gasteiger partial charge in [0, 0.05) is 12.3 Å². The number of hydrogen-bond acceptors (Lipinski definition) is 3. The minimum Gasteiger partial charge on any atom is -0.385 e. The molecule has 62 valence electrons. The molecule has 0 fully saturated rings. The van der Waals surface area contributed by atoms with E-state index in [0.717, 1.165) is 10.3 Å². The lowest BCUT2D eigenvalue weighted by Gasteiger charge is -1.92. The van der Waals surface area contributed by atoms with E-state index >= 15 is 0 Å². The Morgan fingerprint density at radius 1 is 1.31 bits per heavy atom. The van der Waals surface area contributed by atoms with Crippen molar-refractivity contribution in [1.82, 2.24) is 14.7 Å². The van der Waals surface area contributed by atoms with Crippen LogP contribution in [0.2, 0.25) is 0 Å². The highest BCUT2D eigenvalue weighted by Gasteiger charge is 2.03. The molecule has 0 amide bonds. The molecular formula is C8H7BN4. The van der Waals surface area contributed by atoms with Crippen LogP contribution in [-0.2, 0) is 0 Å². The highest BCUT2D eigenvalue weighted by molar-refractivity contribution is 6.07. The van der Waals surface area contributed by atoms with Crippen LogP contribution in [0, 0.1) is 0 Å². The number of rotatable bonds is 1. The normalized spacial score (nSPS) is 10.2. The molecule has 2 aromatic heterocycles. The third-order valence-electron chi connectivity index (χ3n) is 1.69. The number of pyridine rings is 1. The summed E-state index contributed by atoms with van der Waals surface area (Å²) in [5, 5.41) is 3.99. The first kappa shape index (κ1) is 7.85. The summed E-state index contributed by atoms with van der Waals surface area (Å²) in [6.45, 7) is 0. The average molecular weight is 170 g/mol. The molecule has 0 aliphatic rings. The monoisotopic (exact) mass is 170 g/mol. The number of nitrogen functional groups attached to an aromatic ring is 1. The van der Waals surface area contributed by atoms with Gasteiger partial charge in [0.15, 0.2) is 0 Å². The van der Waals surface area contributed by atoms with Crippen LogP contribution in [-0.4, -0.2) is 22.7 Å². The smallest absolute Gasteiger partial charge is 0.267 e. The molecular weight excluding hydrogens is 163 g/mol. The fraction of sp³-hybridized carbons (Fsp3) is 0. The van der Waals surface area contributed by atoms with Gasteiger partial charge in [0.2, 0.25) is 0 Å². The van der Waals surface area contributed by atoms with Crippen LogP contribution < -0.4 is 5.73 Å². The standard InChI is InChI=1S/C8H7BN4/c9-13-8(10)5-7(12-13)6-3-1-2-4-11-6/h1-5H,10H2. The van der Waals surface area contributed by atoms with Crippen molar-refractivity contribution < 1.29 is 0 Å². The summed E-state index contributed by atoms with van der Waals surface area (Å²) in [5.74, 6) is 0.417. The quantitative estimate of drug-likeness (QED) is 0.632. The molecule has 4 nitrogen and oxygen atoms in total. The summed E-state index contributed by atoms with van der Waals surface area (Å²) in [7, 11) is 5.43. The maximum Gasteiger partial charge on any atom is 0.267 e. The van der Waals surface area contributed by atoms with E-state index < -0.39 is 0 Å². The summed E-state index contributed by atoms with van der Waals surface area (Å²) >= 11 is 0. The van der Waals surface area contributed by atoms with Crippen LogP contribution in [0.1, 0.15) is 0 Å². The number of nitrogens with two attached hydrogens (primary N) is 1. The predicted molar refractivity (Wildman–Crippen MR) is 51.0 cm³/mol. The van der Waals surface area contributed by atoms with Crippen molar-refractivity contribution in [2.45, 2.75) is 0 Å². The van der Waals surface area contributed by atoms with Crippen molar-refractivity contribution in [2.24, 2.45) is 0 Å². The maximum atomic E-state index is 5.53. The molecule has 0 saturated heterocycles. The van der Waals surface area contributed by atoms with Gasteiger partial charge in [0.05, 0.1) is 5.69 Å². The highest BCUT2D eigenvalue weighted by atomic mass is 15.3. The van der Waals surface area contributed by atoms with Gasteiger partial charge in [0.25, 0.3) is 7.98 Å². The Bertz CT molecular complexity index is 390. The Morgan fingerprint density at radius 3 is 2.69 bits per heavy atom. The molecule has 0 saturated carbocycles. The van der Waals surface area contributed by atoms with E-state index in [9.17, 15) is 0 Å². The first-order valence-electron chi connectivity index (χ1n) is 3.79. The van der Waals surface area contributed by atoms with Gasteiger partial charge in [0.1, 0.15) is 11.5 Å². The van der Waals surface area contributed by atoms with Gasteiger partial charge in [-0.3, -0.25) is 4.98 Å². The Labute approximate surface area is 76.8 Å². The Kier molecular flexibility index (Phi) is 1.77. The molecule has 0 unspecified atom stereocenters. The molecule has 5 heteroatoms. The third-order valence-corrected chi connectivity index (χ3v) is 1.69. The van der Waals surface area contributed by atoms with Crippen molar-refractivity contribution in [3.63, 3.8) is 0 Å². The zero-order chi connectivity index (χ0) is 9.26. The topological polar surface area (TPSA) is 56.7 Å². The molecule has 0 aliphatic heterocycles. The van der Waals surface area contributed by atoms with Crippen LogP contribution in [0.4, 0.5) is 5.82 Å². The van der Waals surface area contributed by atoms with Crippen LogP contribution in [0.15, 0.2) is 30.5 Å². The second-order valence-electron chi connectivity index (χ2n) is 2.61. The molecule has 2 radical (unpaired) electrons. The number of aromatic nitrogens is 3. The first-order valence-corrected chi connectivity index (χ1v) is 3.79. The molecule has 0 atom stereocenters. The van der Waals surface area contributed by atoms with Crippen molar-refractivity contribution in [3.8, 4) is 11.4 Å². The molecule has 13 heavy (non-hydrogen) atoms. The van der Waals surface area contributed by atoms with Crippen LogP contribution in [0.25, 0.3) is 11.4 Å². The fourth-order valence-corrected chi connectivity index (χ4v) is 1.05. The maximum absolute atomic E-state index is 5.53. The van der Waals surface area contributed by atoms with E-state index in [4.69, 9.17) is 13.7 Å². The summed E-state index contributed by atoms with van der Waals surface area (Å²) in [5.41, 5.74) is 6.97. The van der Waals surface area contributed by atoms with E-state index in [1.54, 1.807) is 12.3 Å². The van der Waals surface area contributed by atoms with Gasteiger partial charge >= 0.3 is 0 Å². The number of anilines is 1. The zero-order valence-electron chi connectivity index (χ0n) is 6.88. The van der Waals surface area contributed by atoms with Gasteiger partial charge in [-0.15, -0.1) is 0 Å². The van der Waals surface area contributed by atoms with Gasteiger partial charge in [-0.25, -0.2) is 0 Å². The van der Waals surface area contributed by atoms with Gasteiger partial charge < -0.3 is 10.3 Å². The van der Waals surface area contributed by atoms with Crippen LogP contribution in [0.3, 0.4) is 0 Å². The van der Waals surface area contributed by atoms with Gasteiger partial charge in [-0.1, -0.05) is 6.07 Å². The third kappa shape index (κ3) is 1.40. The van der Waals surface area contributed by atoms with E-state index in [0.29, 0.717) is 11.5 Å². The van der Waals surface area contributed by atoms with Crippen LogP contribution >= 0.6 is 0 Å². The summed E-state index contributed by atoms with van der Waals surface area (Å²) < 4.78 is 1.13. The average Bonchev–Trinajstić information content (AvgIpc) is 2.49. The van der Waals surface area contributed by atoms with Crippen molar-refractivity contribution in [3.05, 3.63) is 30.5 Å². The lowest BCUT2D eigenvalue weighted by Crippen LogP contribution is -1.99. The Balaban J connectivity index is 2.48. The number of hydrogen-bond donors (Lipinski definition) is 1. The largest absolute Gasteiger partial charge is 0.385 e. The predicted octanol–water partition coefficient (Wildman–Crippen LogP) is 0.459. The molecule has 2 rings (SSSR count). The fourth-order valence-electron chi connectivity index (χ4n) is 1.05. The molecule has 0 bridgehead atoms. The molecule has 0 aliphatic carbocycles. The Morgan fingerprint density at radius 2 is 2.15 bits per heavy atom. The second-order valence-corrected chi connectivity index (χ2v) is 2.61. The minimum atomic E-state index is 0.417. The first-order chi connectivity index (χ1) is 6.27. The number of nitrogens with zero attached hydrogens (tertiary/aromatic N) is 3. The second kappa shape index (κ2) is 2.93. The summed E-state index contributed by atoms with van der Waals surface area (Å²) in [6.07, 6.45) is 1.70. The highest BCUT2D eigenvalue weighted by Crippen LogP contribution is 2.15. The van der Waals surface area contributed by atoms with E-state index in [1.807, 2.05) is 18.2 Å². The SMILES string of the molecule is [B]n1nc(-c2ccccn2)cc1N. The molecule has 0 spiro atoms. The molecule has 2 aromatic rings. The van der Waals surface area contributed by atoms with E-state index in [2.05, 4.69) is 10.1 Å².